The number of aliphatic hydroxyl groups excluding tert-OH is 1. The minimum atomic E-state index is 0.0716. The zero-order chi connectivity index (χ0) is 10.5. The number of hydrogen-bond acceptors (Lipinski definition) is 2. The smallest absolute Gasteiger partial charge is 0.0621 e. The van der Waals surface area contributed by atoms with E-state index in [1.165, 1.54) is 4.88 Å². The van der Waals surface area contributed by atoms with Crippen LogP contribution in [0.3, 0.4) is 0 Å². The van der Waals surface area contributed by atoms with Crippen molar-refractivity contribution in [3.05, 3.63) is 64.4 Å². The van der Waals surface area contributed by atoms with Crippen molar-refractivity contribution in [3.63, 3.8) is 0 Å². The summed E-state index contributed by atoms with van der Waals surface area (Å²) in [5.41, 5.74) is 2.25. The van der Waals surface area contributed by atoms with Crippen LogP contribution >= 0.6 is 11.3 Å². The highest BCUT2D eigenvalue weighted by molar-refractivity contribution is 7.11. The monoisotopic (exact) mass is 216 g/mol. The first kappa shape index (κ1) is 10.1. The molecule has 2 rings (SSSR count). The second-order valence-corrected chi connectivity index (χ2v) is 4.09. The lowest BCUT2D eigenvalue weighted by Crippen LogP contribution is -1.86. The Bertz CT molecular complexity index is 429. The Morgan fingerprint density at radius 1 is 1.13 bits per heavy atom. The van der Waals surface area contributed by atoms with E-state index in [1.807, 2.05) is 35.7 Å². The van der Waals surface area contributed by atoms with Gasteiger partial charge in [0, 0.05) is 4.88 Å². The third-order valence-electron chi connectivity index (χ3n) is 2.17. The summed E-state index contributed by atoms with van der Waals surface area (Å²) < 4.78 is 0. The van der Waals surface area contributed by atoms with Gasteiger partial charge in [-0.2, -0.15) is 0 Å². The molecule has 0 bridgehead atoms. The van der Waals surface area contributed by atoms with E-state index >= 15 is 0 Å². The zero-order valence-corrected chi connectivity index (χ0v) is 9.08. The number of rotatable bonds is 3. The fraction of sp³-hybridized carbons (Fsp3) is 0.0769. The highest BCUT2D eigenvalue weighted by Crippen LogP contribution is 2.26. The van der Waals surface area contributed by atoms with Crippen molar-refractivity contribution in [2.24, 2.45) is 0 Å². The van der Waals surface area contributed by atoms with Gasteiger partial charge in [0.1, 0.15) is 0 Å². The molecule has 1 aromatic heterocycles. The normalized spacial score (nSPS) is 11.7. The van der Waals surface area contributed by atoms with Gasteiger partial charge in [-0.25, -0.2) is 0 Å². The largest absolute Gasteiger partial charge is 0.392 e. The van der Waals surface area contributed by atoms with Gasteiger partial charge in [-0.15, -0.1) is 11.3 Å². The van der Waals surface area contributed by atoms with Gasteiger partial charge < -0.3 is 5.11 Å². The summed E-state index contributed by atoms with van der Waals surface area (Å²) in [6.45, 7) is 0.0716. The van der Waals surface area contributed by atoms with E-state index in [1.54, 1.807) is 11.3 Å². The van der Waals surface area contributed by atoms with Crippen molar-refractivity contribution in [2.75, 3.05) is 6.61 Å². The van der Waals surface area contributed by atoms with Crippen LogP contribution in [0.4, 0.5) is 0 Å². The van der Waals surface area contributed by atoms with E-state index in [-0.39, 0.29) is 6.61 Å². The van der Waals surface area contributed by atoms with Crippen molar-refractivity contribution in [3.8, 4) is 0 Å². The first-order chi connectivity index (χ1) is 7.42. The van der Waals surface area contributed by atoms with E-state index < -0.39 is 0 Å². The molecule has 0 fully saturated rings. The lowest BCUT2D eigenvalue weighted by Gasteiger charge is -2.04. The Morgan fingerprint density at radius 3 is 2.53 bits per heavy atom. The highest BCUT2D eigenvalue weighted by Gasteiger charge is 2.04. The van der Waals surface area contributed by atoms with E-state index in [0.29, 0.717) is 0 Å². The average Bonchev–Trinajstić information content (AvgIpc) is 2.80. The minimum Gasteiger partial charge on any atom is -0.392 e. The van der Waals surface area contributed by atoms with E-state index in [2.05, 4.69) is 18.2 Å². The maximum absolute atomic E-state index is 9.03. The number of benzene rings is 1. The van der Waals surface area contributed by atoms with Crippen LogP contribution in [-0.2, 0) is 0 Å². The molecular weight excluding hydrogens is 204 g/mol. The van der Waals surface area contributed by atoms with Crippen LogP contribution in [0.15, 0.2) is 53.9 Å². The minimum absolute atomic E-state index is 0.0716. The molecule has 0 atom stereocenters. The molecule has 0 aliphatic rings. The zero-order valence-electron chi connectivity index (χ0n) is 8.26. The average molecular weight is 216 g/mol. The van der Waals surface area contributed by atoms with Gasteiger partial charge in [-0.3, -0.25) is 0 Å². The highest BCUT2D eigenvalue weighted by atomic mass is 32.1. The molecule has 0 aliphatic heterocycles. The van der Waals surface area contributed by atoms with Crippen LogP contribution in [0.5, 0.6) is 0 Å². The topological polar surface area (TPSA) is 20.2 Å². The first-order valence-corrected chi connectivity index (χ1v) is 5.70. The van der Waals surface area contributed by atoms with Gasteiger partial charge in [0.05, 0.1) is 6.61 Å². The molecule has 15 heavy (non-hydrogen) atoms. The van der Waals surface area contributed by atoms with Crippen molar-refractivity contribution < 1.29 is 5.11 Å². The third kappa shape index (κ3) is 2.35. The van der Waals surface area contributed by atoms with Crippen LogP contribution in [0, 0.1) is 0 Å². The summed E-state index contributed by atoms with van der Waals surface area (Å²) in [6.07, 6.45) is 1.85. The quantitative estimate of drug-likeness (QED) is 0.835. The molecule has 1 nitrogen and oxygen atoms in total. The number of thiophene rings is 1. The molecular formula is C13H12OS. The molecule has 76 valence electrons. The van der Waals surface area contributed by atoms with Crippen LogP contribution < -0.4 is 0 Å². The second-order valence-electron chi connectivity index (χ2n) is 3.14. The van der Waals surface area contributed by atoms with Crippen LogP contribution in [0.2, 0.25) is 0 Å². The predicted octanol–water partition coefficient (Wildman–Crippen LogP) is 3.17. The van der Waals surface area contributed by atoms with E-state index in [0.717, 1.165) is 11.1 Å². The fourth-order valence-corrected chi connectivity index (χ4v) is 2.29. The van der Waals surface area contributed by atoms with Gasteiger partial charge in [0.2, 0.25) is 0 Å². The summed E-state index contributed by atoms with van der Waals surface area (Å²) in [5.74, 6) is 0. The van der Waals surface area contributed by atoms with Gasteiger partial charge in [0.25, 0.3) is 0 Å². The van der Waals surface area contributed by atoms with Gasteiger partial charge in [-0.1, -0.05) is 36.4 Å². The Kier molecular flexibility index (Phi) is 3.33. The van der Waals surface area contributed by atoms with Crippen LogP contribution in [0.25, 0.3) is 5.57 Å². The molecule has 1 heterocycles. The molecule has 0 spiro atoms. The Hall–Kier alpha value is -1.38. The van der Waals surface area contributed by atoms with Gasteiger partial charge in [0.15, 0.2) is 0 Å². The molecule has 1 aromatic carbocycles. The van der Waals surface area contributed by atoms with Crippen molar-refractivity contribution in [2.45, 2.75) is 0 Å². The summed E-state index contributed by atoms with van der Waals surface area (Å²) in [6, 6.07) is 14.2. The molecule has 2 aromatic rings. The lowest BCUT2D eigenvalue weighted by molar-refractivity contribution is 0.343. The van der Waals surface area contributed by atoms with Gasteiger partial charge >= 0.3 is 0 Å². The third-order valence-corrected chi connectivity index (χ3v) is 3.07. The molecule has 0 unspecified atom stereocenters. The second kappa shape index (κ2) is 4.91. The van der Waals surface area contributed by atoms with Gasteiger partial charge in [-0.05, 0) is 28.7 Å². The SMILES string of the molecule is OC/C=C(/c1ccccc1)c1cccs1. The first-order valence-electron chi connectivity index (χ1n) is 4.82. The molecule has 0 radical (unpaired) electrons. The molecule has 1 N–H and O–H groups in total. The van der Waals surface area contributed by atoms with Crippen LogP contribution in [0.1, 0.15) is 10.4 Å². The van der Waals surface area contributed by atoms with E-state index in [9.17, 15) is 0 Å². The number of hydrogen-bond donors (Lipinski definition) is 1. The Morgan fingerprint density at radius 2 is 1.93 bits per heavy atom. The Balaban J connectivity index is 2.42. The standard InChI is InChI=1S/C13H12OS/c14-9-8-12(13-7-4-10-15-13)11-5-2-1-3-6-11/h1-8,10,14H,9H2/b12-8-. The summed E-state index contributed by atoms with van der Waals surface area (Å²) in [5, 5.41) is 11.1. The summed E-state index contributed by atoms with van der Waals surface area (Å²) >= 11 is 1.69. The summed E-state index contributed by atoms with van der Waals surface area (Å²) in [7, 11) is 0. The molecule has 2 heteroatoms. The Labute approximate surface area is 93.3 Å². The van der Waals surface area contributed by atoms with Crippen molar-refractivity contribution >= 4 is 16.9 Å². The lowest BCUT2D eigenvalue weighted by atomic mass is 10.0. The molecule has 0 amide bonds. The maximum Gasteiger partial charge on any atom is 0.0621 e. The van der Waals surface area contributed by atoms with Crippen LogP contribution in [-0.4, -0.2) is 11.7 Å². The summed E-state index contributed by atoms with van der Waals surface area (Å²) in [4.78, 5) is 1.19. The molecule has 0 saturated carbocycles. The molecule has 0 aliphatic carbocycles. The predicted molar refractivity (Wildman–Crippen MR) is 64.9 cm³/mol. The number of aliphatic hydroxyl groups is 1. The maximum atomic E-state index is 9.03. The fourth-order valence-electron chi connectivity index (χ4n) is 1.50. The van der Waals surface area contributed by atoms with Crippen molar-refractivity contribution in [1.82, 2.24) is 0 Å². The molecule has 0 saturated heterocycles. The van der Waals surface area contributed by atoms with E-state index in [4.69, 9.17) is 5.11 Å². The van der Waals surface area contributed by atoms with Crippen molar-refractivity contribution in [1.29, 1.82) is 0 Å².